The maximum absolute atomic E-state index is 9.61. The van der Waals surface area contributed by atoms with Crippen molar-refractivity contribution in [2.24, 2.45) is 11.1 Å². The summed E-state index contributed by atoms with van der Waals surface area (Å²) < 4.78 is 0. The highest BCUT2D eigenvalue weighted by atomic mass is 16.3. The number of phenolic OH excluding ortho intramolecular Hbond substituents is 1. The highest BCUT2D eigenvalue weighted by Gasteiger charge is 2.24. The second-order valence-corrected chi connectivity index (χ2v) is 6.11. The number of hydrogen-bond donors (Lipinski definition) is 2. The normalized spacial score (nSPS) is 13.8. The maximum Gasteiger partial charge on any atom is 0.115 e. The van der Waals surface area contributed by atoms with E-state index >= 15 is 0 Å². The van der Waals surface area contributed by atoms with Crippen LogP contribution in [0, 0.1) is 5.41 Å². The van der Waals surface area contributed by atoms with Crippen LogP contribution >= 0.6 is 0 Å². The van der Waals surface area contributed by atoms with Crippen LogP contribution in [-0.2, 0) is 0 Å². The van der Waals surface area contributed by atoms with Gasteiger partial charge in [-0.25, -0.2) is 0 Å². The zero-order valence-corrected chi connectivity index (χ0v) is 12.7. The summed E-state index contributed by atoms with van der Waals surface area (Å²) in [6, 6.07) is 7.83. The van der Waals surface area contributed by atoms with Crippen molar-refractivity contribution in [1.29, 1.82) is 0 Å². The lowest BCUT2D eigenvalue weighted by molar-refractivity contribution is 0.140. The smallest absolute Gasteiger partial charge is 0.115 e. The molecule has 3 N–H and O–H groups in total. The topological polar surface area (TPSA) is 49.5 Å². The molecule has 1 atom stereocenters. The molecule has 1 unspecified atom stereocenters. The van der Waals surface area contributed by atoms with Gasteiger partial charge in [0.25, 0.3) is 0 Å². The molecule has 0 heterocycles. The van der Waals surface area contributed by atoms with Gasteiger partial charge in [-0.3, -0.25) is 4.90 Å². The van der Waals surface area contributed by atoms with Crippen LogP contribution in [0.2, 0.25) is 0 Å². The van der Waals surface area contributed by atoms with Crippen molar-refractivity contribution in [1.82, 2.24) is 4.90 Å². The number of nitrogens with zero attached hydrogens (tertiary/aromatic N) is 1. The van der Waals surface area contributed by atoms with Crippen LogP contribution in [0.3, 0.4) is 0 Å². The van der Waals surface area contributed by atoms with Gasteiger partial charge in [0.05, 0.1) is 0 Å². The quantitative estimate of drug-likeness (QED) is 0.795. The van der Waals surface area contributed by atoms with E-state index in [0.717, 1.165) is 25.1 Å². The number of nitrogens with two attached hydrogens (primary N) is 1. The molecule has 0 fully saturated rings. The summed E-state index contributed by atoms with van der Waals surface area (Å²) in [5, 5.41) is 9.61. The van der Waals surface area contributed by atoms with Crippen molar-refractivity contribution in [3.63, 3.8) is 0 Å². The van der Waals surface area contributed by atoms with Crippen molar-refractivity contribution in [2.75, 3.05) is 19.6 Å². The molecule has 0 aliphatic heterocycles. The summed E-state index contributed by atoms with van der Waals surface area (Å²) in [4.78, 5) is 2.45. The summed E-state index contributed by atoms with van der Waals surface area (Å²) in [6.45, 7) is 11.5. The first-order chi connectivity index (χ1) is 8.89. The molecule has 3 nitrogen and oxygen atoms in total. The minimum Gasteiger partial charge on any atom is -0.508 e. The second kappa shape index (κ2) is 6.92. The van der Waals surface area contributed by atoms with Crippen LogP contribution < -0.4 is 5.73 Å². The largest absolute Gasteiger partial charge is 0.508 e. The van der Waals surface area contributed by atoms with Gasteiger partial charge in [-0.05, 0) is 49.5 Å². The first kappa shape index (κ1) is 16.0. The Morgan fingerprint density at radius 2 is 2.05 bits per heavy atom. The van der Waals surface area contributed by atoms with E-state index in [2.05, 4.69) is 38.7 Å². The monoisotopic (exact) mass is 264 g/mol. The lowest BCUT2D eigenvalue weighted by atomic mass is 9.91. The van der Waals surface area contributed by atoms with Gasteiger partial charge in [-0.2, -0.15) is 0 Å². The first-order valence-corrected chi connectivity index (χ1v) is 7.12. The zero-order chi connectivity index (χ0) is 14.5. The minimum absolute atomic E-state index is 0.111. The average Bonchev–Trinajstić information content (AvgIpc) is 2.37. The standard InChI is InChI=1S/C16H28N2O/c1-5-9-18(12-16(3,4)11-17)13(2)14-7-6-8-15(19)10-14/h6-8,10,13,19H,5,9,11-12,17H2,1-4H3. The highest BCUT2D eigenvalue weighted by Crippen LogP contribution is 2.27. The third-order valence-electron chi connectivity index (χ3n) is 3.59. The fourth-order valence-electron chi connectivity index (χ4n) is 2.31. The molecule has 0 aromatic heterocycles. The Balaban J connectivity index is 2.86. The Hall–Kier alpha value is -1.06. The van der Waals surface area contributed by atoms with Crippen molar-refractivity contribution in [3.05, 3.63) is 29.8 Å². The third-order valence-corrected chi connectivity index (χ3v) is 3.59. The number of benzene rings is 1. The Morgan fingerprint density at radius 3 is 2.58 bits per heavy atom. The van der Waals surface area contributed by atoms with E-state index in [-0.39, 0.29) is 11.5 Å². The minimum atomic E-state index is 0.111. The van der Waals surface area contributed by atoms with E-state index in [1.807, 2.05) is 12.1 Å². The van der Waals surface area contributed by atoms with Gasteiger partial charge in [0, 0.05) is 12.6 Å². The average molecular weight is 264 g/mol. The SMILES string of the molecule is CCCN(CC(C)(C)CN)C(C)c1cccc(O)c1. The molecular formula is C16H28N2O. The predicted molar refractivity (Wildman–Crippen MR) is 81.2 cm³/mol. The van der Waals surface area contributed by atoms with E-state index < -0.39 is 0 Å². The van der Waals surface area contributed by atoms with E-state index in [0.29, 0.717) is 12.3 Å². The molecule has 108 valence electrons. The molecule has 19 heavy (non-hydrogen) atoms. The second-order valence-electron chi connectivity index (χ2n) is 6.11. The molecule has 1 aromatic rings. The van der Waals surface area contributed by atoms with Crippen molar-refractivity contribution in [3.8, 4) is 5.75 Å². The molecule has 0 aliphatic carbocycles. The summed E-state index contributed by atoms with van der Waals surface area (Å²) in [6.07, 6.45) is 1.11. The van der Waals surface area contributed by atoms with E-state index in [1.165, 1.54) is 0 Å². The molecule has 0 saturated heterocycles. The predicted octanol–water partition coefficient (Wildman–Crippen LogP) is 3.15. The molecule has 3 heteroatoms. The molecule has 0 aliphatic rings. The van der Waals surface area contributed by atoms with Crippen molar-refractivity contribution < 1.29 is 5.11 Å². The van der Waals surface area contributed by atoms with Gasteiger partial charge in [0.1, 0.15) is 5.75 Å². The molecule has 0 bridgehead atoms. The Labute approximate surface area is 117 Å². The lowest BCUT2D eigenvalue weighted by Crippen LogP contribution is -2.40. The van der Waals surface area contributed by atoms with Gasteiger partial charge < -0.3 is 10.8 Å². The fourth-order valence-corrected chi connectivity index (χ4v) is 2.31. The van der Waals surface area contributed by atoms with Gasteiger partial charge in [-0.1, -0.05) is 32.9 Å². The van der Waals surface area contributed by atoms with Crippen LogP contribution in [0.25, 0.3) is 0 Å². The first-order valence-electron chi connectivity index (χ1n) is 7.12. The van der Waals surface area contributed by atoms with Gasteiger partial charge in [0.2, 0.25) is 0 Å². The zero-order valence-electron chi connectivity index (χ0n) is 12.7. The Morgan fingerprint density at radius 1 is 1.37 bits per heavy atom. The molecular weight excluding hydrogens is 236 g/mol. The van der Waals surface area contributed by atoms with Crippen molar-refractivity contribution >= 4 is 0 Å². The lowest BCUT2D eigenvalue weighted by Gasteiger charge is -2.36. The van der Waals surface area contributed by atoms with E-state index in [9.17, 15) is 5.11 Å². The van der Waals surface area contributed by atoms with Crippen LogP contribution in [0.4, 0.5) is 0 Å². The Bertz CT molecular complexity index is 390. The van der Waals surface area contributed by atoms with E-state index in [4.69, 9.17) is 5.73 Å². The van der Waals surface area contributed by atoms with E-state index in [1.54, 1.807) is 6.07 Å². The highest BCUT2D eigenvalue weighted by molar-refractivity contribution is 5.29. The molecule has 1 rings (SSSR count). The van der Waals surface area contributed by atoms with Crippen molar-refractivity contribution in [2.45, 2.75) is 40.2 Å². The van der Waals surface area contributed by atoms with Gasteiger partial charge >= 0.3 is 0 Å². The number of aromatic hydroxyl groups is 1. The molecule has 0 radical (unpaired) electrons. The fraction of sp³-hybridized carbons (Fsp3) is 0.625. The van der Waals surface area contributed by atoms with Crippen LogP contribution in [0.5, 0.6) is 5.75 Å². The number of phenols is 1. The third kappa shape index (κ3) is 4.84. The molecule has 1 aromatic carbocycles. The summed E-state index contributed by atoms with van der Waals surface area (Å²) in [5.41, 5.74) is 7.11. The van der Waals surface area contributed by atoms with Gasteiger partial charge in [-0.15, -0.1) is 0 Å². The van der Waals surface area contributed by atoms with Crippen LogP contribution in [0.15, 0.2) is 24.3 Å². The summed E-state index contributed by atoms with van der Waals surface area (Å²) in [7, 11) is 0. The molecule has 0 amide bonds. The summed E-state index contributed by atoms with van der Waals surface area (Å²) >= 11 is 0. The summed E-state index contributed by atoms with van der Waals surface area (Å²) in [5.74, 6) is 0.332. The van der Waals surface area contributed by atoms with Crippen LogP contribution in [-0.4, -0.2) is 29.6 Å². The molecule has 0 saturated carbocycles. The van der Waals surface area contributed by atoms with Gasteiger partial charge in [0.15, 0.2) is 0 Å². The Kier molecular flexibility index (Phi) is 5.83. The maximum atomic E-state index is 9.61. The number of rotatable bonds is 7. The van der Waals surface area contributed by atoms with Crippen LogP contribution in [0.1, 0.15) is 45.7 Å². The molecule has 0 spiro atoms. The number of hydrogen-bond acceptors (Lipinski definition) is 3.